The van der Waals surface area contributed by atoms with Crippen LogP contribution in [0, 0.1) is 0 Å². The van der Waals surface area contributed by atoms with E-state index in [9.17, 15) is 0 Å². The molecule has 0 radical (unpaired) electrons. The van der Waals surface area contributed by atoms with Gasteiger partial charge in [-0.2, -0.15) is 0 Å². The first-order chi connectivity index (χ1) is 12.4. The number of rotatable bonds is 5. The van der Waals surface area contributed by atoms with E-state index in [1.54, 1.807) is 5.19 Å². The van der Waals surface area contributed by atoms with Gasteiger partial charge in [0, 0.05) is 0 Å². The van der Waals surface area contributed by atoms with Crippen molar-refractivity contribution in [2.75, 3.05) is 0 Å². The highest BCUT2D eigenvalue weighted by atomic mass is 28.3. The normalized spacial score (nSPS) is 12.5. The molecule has 1 heteroatoms. The zero-order chi connectivity index (χ0) is 18.9. The third-order valence-corrected chi connectivity index (χ3v) is 13.4. The molecule has 0 aliphatic carbocycles. The van der Waals surface area contributed by atoms with Crippen molar-refractivity contribution >= 4 is 24.0 Å². The zero-order valence-electron chi connectivity index (χ0n) is 17.1. The van der Waals surface area contributed by atoms with Crippen LogP contribution in [0.5, 0.6) is 0 Å². The molecule has 0 heterocycles. The molecular formula is C25H32Si. The average molecular weight is 361 g/mol. The third-order valence-electron chi connectivity index (χ3n) is 6.30. The Morgan fingerprint density at radius 3 is 1.54 bits per heavy atom. The summed E-state index contributed by atoms with van der Waals surface area (Å²) >= 11 is 0. The van der Waals surface area contributed by atoms with Crippen LogP contribution >= 0.6 is 0 Å². The van der Waals surface area contributed by atoms with Crippen molar-refractivity contribution in [3.63, 3.8) is 0 Å². The van der Waals surface area contributed by atoms with Crippen LogP contribution < -0.4 is 5.19 Å². The minimum atomic E-state index is -1.75. The SMILES string of the molecule is CC(C)[Si](c1cc2ccccc2cc1-c1ccccc1)(C(C)C)C(C)C. The number of hydrogen-bond donors (Lipinski definition) is 0. The summed E-state index contributed by atoms with van der Waals surface area (Å²) in [6.07, 6.45) is 0. The summed E-state index contributed by atoms with van der Waals surface area (Å²) in [7, 11) is -1.75. The van der Waals surface area contributed by atoms with E-state index in [0.717, 1.165) is 0 Å². The molecule has 3 rings (SSSR count). The fraction of sp³-hybridized carbons (Fsp3) is 0.360. The van der Waals surface area contributed by atoms with Gasteiger partial charge in [-0.1, -0.05) is 107 Å². The molecule has 0 nitrogen and oxygen atoms in total. The summed E-state index contributed by atoms with van der Waals surface area (Å²) in [5.41, 5.74) is 4.91. The van der Waals surface area contributed by atoms with Crippen LogP contribution in [0.25, 0.3) is 21.9 Å². The summed E-state index contributed by atoms with van der Waals surface area (Å²) in [4.78, 5) is 0. The Hall–Kier alpha value is -1.86. The Morgan fingerprint density at radius 2 is 1.04 bits per heavy atom. The Morgan fingerprint density at radius 1 is 0.577 bits per heavy atom. The van der Waals surface area contributed by atoms with Gasteiger partial charge in [-0.3, -0.25) is 0 Å². The molecule has 0 amide bonds. The monoisotopic (exact) mass is 360 g/mol. The second kappa shape index (κ2) is 7.40. The summed E-state index contributed by atoms with van der Waals surface area (Å²) < 4.78 is 0. The highest BCUT2D eigenvalue weighted by Crippen LogP contribution is 2.43. The van der Waals surface area contributed by atoms with E-state index in [1.807, 2.05) is 0 Å². The molecule has 0 unspecified atom stereocenters. The molecule has 0 aliphatic heterocycles. The maximum Gasteiger partial charge on any atom is 0.0950 e. The van der Waals surface area contributed by atoms with E-state index in [4.69, 9.17) is 0 Å². The molecule has 3 aromatic rings. The van der Waals surface area contributed by atoms with Crippen LogP contribution in [0.15, 0.2) is 66.7 Å². The van der Waals surface area contributed by atoms with Crippen molar-refractivity contribution < 1.29 is 0 Å². The van der Waals surface area contributed by atoms with Gasteiger partial charge < -0.3 is 0 Å². The third kappa shape index (κ3) is 3.03. The Bertz CT molecular complexity index is 853. The van der Waals surface area contributed by atoms with Crippen molar-refractivity contribution in [2.24, 2.45) is 0 Å². The smallest absolute Gasteiger partial charge is 0.0648 e. The predicted molar refractivity (Wildman–Crippen MR) is 120 cm³/mol. The van der Waals surface area contributed by atoms with Gasteiger partial charge in [-0.05, 0) is 44.6 Å². The fourth-order valence-corrected chi connectivity index (χ4v) is 12.3. The topological polar surface area (TPSA) is 0 Å². The molecule has 0 spiro atoms. The molecular weight excluding hydrogens is 328 g/mol. The average Bonchev–Trinajstić information content (AvgIpc) is 2.61. The Labute approximate surface area is 160 Å². The highest BCUT2D eigenvalue weighted by Gasteiger charge is 2.45. The van der Waals surface area contributed by atoms with Gasteiger partial charge in [-0.25, -0.2) is 0 Å². The first-order valence-corrected chi connectivity index (χ1v) is 12.2. The van der Waals surface area contributed by atoms with Crippen molar-refractivity contribution in [3.8, 4) is 11.1 Å². The number of benzene rings is 3. The van der Waals surface area contributed by atoms with Gasteiger partial charge in [0.2, 0.25) is 0 Å². The van der Waals surface area contributed by atoms with Crippen LogP contribution in [0.1, 0.15) is 41.5 Å². The van der Waals surface area contributed by atoms with Gasteiger partial charge >= 0.3 is 0 Å². The molecule has 0 fully saturated rings. The van der Waals surface area contributed by atoms with E-state index < -0.39 is 8.07 Å². The standard InChI is InChI=1S/C25H32Si/c1-18(2)26(19(3)4,20(5)6)25-17-23-15-11-10-14-22(23)16-24(25)21-12-8-7-9-13-21/h7-20H,1-6H3. The van der Waals surface area contributed by atoms with E-state index in [0.29, 0.717) is 16.6 Å². The molecule has 0 saturated heterocycles. The largest absolute Gasteiger partial charge is 0.0950 e. The lowest BCUT2D eigenvalue weighted by atomic mass is 10.0. The number of fused-ring (bicyclic) bond motifs is 1. The molecule has 136 valence electrons. The minimum Gasteiger partial charge on any atom is -0.0648 e. The molecule has 3 aromatic carbocycles. The number of hydrogen-bond acceptors (Lipinski definition) is 0. The zero-order valence-corrected chi connectivity index (χ0v) is 18.1. The summed E-state index contributed by atoms with van der Waals surface area (Å²) in [5, 5.41) is 4.36. The van der Waals surface area contributed by atoms with Gasteiger partial charge in [0.1, 0.15) is 0 Å². The lowest BCUT2D eigenvalue weighted by Gasteiger charge is -2.45. The highest BCUT2D eigenvalue weighted by molar-refractivity contribution is 6.96. The van der Waals surface area contributed by atoms with Gasteiger partial charge in [0.15, 0.2) is 0 Å². The first kappa shape index (κ1) is 18.9. The van der Waals surface area contributed by atoms with Gasteiger partial charge in [0.05, 0.1) is 8.07 Å². The molecule has 0 saturated carbocycles. The molecule has 26 heavy (non-hydrogen) atoms. The van der Waals surface area contributed by atoms with Crippen LogP contribution in [0.3, 0.4) is 0 Å². The van der Waals surface area contributed by atoms with Crippen molar-refractivity contribution in [1.29, 1.82) is 0 Å². The predicted octanol–water partition coefficient (Wildman–Crippen LogP) is 7.39. The maximum absolute atomic E-state index is 2.53. The van der Waals surface area contributed by atoms with E-state index in [2.05, 4.69) is 108 Å². The molecule has 0 bridgehead atoms. The summed E-state index contributed by atoms with van der Waals surface area (Å²) in [5.74, 6) is 0. The van der Waals surface area contributed by atoms with E-state index in [-0.39, 0.29) is 0 Å². The lowest BCUT2D eigenvalue weighted by molar-refractivity contribution is 0.835. The van der Waals surface area contributed by atoms with E-state index >= 15 is 0 Å². The molecule has 0 N–H and O–H groups in total. The van der Waals surface area contributed by atoms with E-state index in [1.165, 1.54) is 21.9 Å². The second-order valence-electron chi connectivity index (χ2n) is 8.51. The summed E-state index contributed by atoms with van der Waals surface area (Å²) in [6.45, 7) is 14.7. The van der Waals surface area contributed by atoms with Crippen molar-refractivity contribution in [2.45, 2.75) is 58.2 Å². The molecule has 0 aromatic heterocycles. The summed E-state index contributed by atoms with van der Waals surface area (Å²) in [6, 6.07) is 24.8. The minimum absolute atomic E-state index is 0.700. The van der Waals surface area contributed by atoms with Crippen LogP contribution in [-0.2, 0) is 0 Å². The lowest BCUT2D eigenvalue weighted by Crippen LogP contribution is -2.56. The van der Waals surface area contributed by atoms with Gasteiger partial charge in [0.25, 0.3) is 0 Å². The Balaban J connectivity index is 2.42. The van der Waals surface area contributed by atoms with Gasteiger partial charge in [-0.15, -0.1) is 0 Å². The van der Waals surface area contributed by atoms with Crippen LogP contribution in [0.4, 0.5) is 0 Å². The van der Waals surface area contributed by atoms with Crippen LogP contribution in [0.2, 0.25) is 16.6 Å². The van der Waals surface area contributed by atoms with Crippen molar-refractivity contribution in [1.82, 2.24) is 0 Å². The fourth-order valence-electron chi connectivity index (χ4n) is 5.39. The Kier molecular flexibility index (Phi) is 5.38. The maximum atomic E-state index is 2.53. The quantitative estimate of drug-likeness (QED) is 0.416. The molecule has 0 atom stereocenters. The molecule has 0 aliphatic rings. The van der Waals surface area contributed by atoms with Crippen molar-refractivity contribution in [3.05, 3.63) is 66.7 Å². The first-order valence-electron chi connectivity index (χ1n) is 9.97. The van der Waals surface area contributed by atoms with Crippen LogP contribution in [-0.4, -0.2) is 8.07 Å². The second-order valence-corrected chi connectivity index (χ2v) is 14.4.